The van der Waals surface area contributed by atoms with E-state index in [0.29, 0.717) is 6.42 Å². The molecule has 0 aromatic heterocycles. The Kier molecular flexibility index (Phi) is 18.9. The molecule has 0 spiro atoms. The van der Waals surface area contributed by atoms with Crippen molar-refractivity contribution >= 4 is 36.3 Å². The van der Waals surface area contributed by atoms with Gasteiger partial charge in [0.25, 0.3) is 0 Å². The minimum atomic E-state index is -0.525. The topological polar surface area (TPSA) is 116 Å². The van der Waals surface area contributed by atoms with Crippen LogP contribution >= 0.6 is 0 Å². The lowest BCUT2D eigenvalue weighted by Gasteiger charge is -1.99. The summed E-state index contributed by atoms with van der Waals surface area (Å²) in [5.74, 6) is -1.11. The number of phenols is 1. The first-order valence-electron chi connectivity index (χ1n) is 13.7. The maximum Gasteiger partial charge on any atom is 0.341 e. The Bertz CT molecular complexity index is 1490. The highest BCUT2D eigenvalue weighted by Crippen LogP contribution is 2.15. The van der Waals surface area contributed by atoms with Crippen molar-refractivity contribution in [1.29, 1.82) is 0 Å². The van der Waals surface area contributed by atoms with Crippen LogP contribution in [0.2, 0.25) is 0 Å². The number of para-hydroxylation sites is 1. The van der Waals surface area contributed by atoms with Gasteiger partial charge >= 0.3 is 17.9 Å². The number of phenolic OH excluding ortho intramolecular Hbond substituents is 1. The van der Waals surface area contributed by atoms with E-state index in [2.05, 4.69) is 14.2 Å². The van der Waals surface area contributed by atoms with Crippen LogP contribution in [0.15, 0.2) is 121 Å². The Hall–Kier alpha value is -5.76. The molecular weight excluding hydrogens is 572 g/mol. The zero-order chi connectivity index (χ0) is 33.3. The number of aromatic hydroxyl groups is 1. The third-order valence-electron chi connectivity index (χ3n) is 5.59. The SMILES string of the molecule is COC(=O)C=Cc1ccccc1.COC(=O)Cc1ccccc1.COC(=O)c1ccccc1O.Cc1ccc(C=CC=O)cc1. The summed E-state index contributed by atoms with van der Waals surface area (Å²) in [6.45, 7) is 2.03. The summed E-state index contributed by atoms with van der Waals surface area (Å²) in [6.07, 6.45) is 7.52. The Morgan fingerprint density at radius 1 is 0.667 bits per heavy atom. The van der Waals surface area contributed by atoms with E-state index in [1.165, 1.54) is 51.2 Å². The van der Waals surface area contributed by atoms with E-state index in [4.69, 9.17) is 5.11 Å². The van der Waals surface area contributed by atoms with E-state index in [0.717, 1.165) is 23.0 Å². The molecule has 0 bridgehead atoms. The van der Waals surface area contributed by atoms with E-state index in [1.807, 2.05) is 91.9 Å². The molecule has 4 rings (SSSR count). The van der Waals surface area contributed by atoms with Crippen LogP contribution in [0.1, 0.15) is 32.6 Å². The number of rotatable bonds is 7. The number of aryl methyl sites for hydroxylation is 1. The second-order valence-electron chi connectivity index (χ2n) is 8.92. The third kappa shape index (κ3) is 17.1. The van der Waals surface area contributed by atoms with Crippen molar-refractivity contribution in [2.45, 2.75) is 13.3 Å². The highest BCUT2D eigenvalue weighted by atomic mass is 16.5. The van der Waals surface area contributed by atoms with Crippen LogP contribution in [0.4, 0.5) is 0 Å². The molecule has 4 aromatic carbocycles. The van der Waals surface area contributed by atoms with Gasteiger partial charge in [0.1, 0.15) is 17.6 Å². The van der Waals surface area contributed by atoms with Crippen LogP contribution in [0.3, 0.4) is 0 Å². The molecule has 0 aliphatic carbocycles. The van der Waals surface area contributed by atoms with Crippen molar-refractivity contribution in [1.82, 2.24) is 0 Å². The summed E-state index contributed by atoms with van der Waals surface area (Å²) in [7, 11) is 4.03. The fourth-order valence-corrected chi connectivity index (χ4v) is 3.22. The van der Waals surface area contributed by atoms with Crippen LogP contribution in [-0.2, 0) is 35.0 Å². The number of carbonyl (C=O) groups is 4. The van der Waals surface area contributed by atoms with Crippen LogP contribution in [0.25, 0.3) is 12.2 Å². The lowest BCUT2D eigenvalue weighted by atomic mass is 10.1. The Morgan fingerprint density at radius 2 is 1.22 bits per heavy atom. The van der Waals surface area contributed by atoms with Gasteiger partial charge in [-0.15, -0.1) is 0 Å². The first-order valence-corrected chi connectivity index (χ1v) is 13.7. The molecule has 0 heterocycles. The average Bonchev–Trinajstić information content (AvgIpc) is 3.08. The van der Waals surface area contributed by atoms with Crippen molar-refractivity contribution < 1.29 is 38.5 Å². The van der Waals surface area contributed by atoms with E-state index in [-0.39, 0.29) is 23.3 Å². The smallest absolute Gasteiger partial charge is 0.341 e. The zero-order valence-electron chi connectivity index (χ0n) is 25.8. The highest BCUT2D eigenvalue weighted by Gasteiger charge is 2.08. The molecule has 4 aromatic rings. The number of ether oxygens (including phenoxy) is 3. The Labute approximate surface area is 264 Å². The number of hydrogen-bond donors (Lipinski definition) is 1. The van der Waals surface area contributed by atoms with E-state index in [1.54, 1.807) is 24.3 Å². The van der Waals surface area contributed by atoms with Crippen molar-refractivity contribution in [3.63, 3.8) is 0 Å². The van der Waals surface area contributed by atoms with E-state index < -0.39 is 5.97 Å². The van der Waals surface area contributed by atoms with Crippen molar-refractivity contribution in [2.24, 2.45) is 0 Å². The summed E-state index contributed by atoms with van der Waals surface area (Å²) in [5.41, 5.74) is 4.45. The lowest BCUT2D eigenvalue weighted by Crippen LogP contribution is -2.03. The quantitative estimate of drug-likeness (QED) is 0.107. The normalized spacial score (nSPS) is 9.69. The third-order valence-corrected chi connectivity index (χ3v) is 5.59. The minimum Gasteiger partial charge on any atom is -0.507 e. The predicted molar refractivity (Wildman–Crippen MR) is 175 cm³/mol. The molecule has 0 unspecified atom stereocenters. The monoisotopic (exact) mass is 610 g/mol. The summed E-state index contributed by atoms with van der Waals surface area (Å²) >= 11 is 0. The maximum absolute atomic E-state index is 10.9. The lowest BCUT2D eigenvalue weighted by molar-refractivity contribution is -0.139. The number of benzene rings is 4. The summed E-state index contributed by atoms with van der Waals surface area (Å²) in [6, 6.07) is 33.3. The molecule has 1 N–H and O–H groups in total. The zero-order valence-corrected chi connectivity index (χ0v) is 25.8. The van der Waals surface area contributed by atoms with Crippen LogP contribution in [-0.4, -0.2) is 50.6 Å². The molecule has 0 saturated heterocycles. The molecular formula is C37H38O8. The first-order chi connectivity index (χ1) is 21.7. The molecule has 0 radical (unpaired) electrons. The molecule has 0 aliphatic heterocycles. The van der Waals surface area contributed by atoms with Gasteiger partial charge in [0.15, 0.2) is 0 Å². The van der Waals surface area contributed by atoms with Crippen LogP contribution in [0, 0.1) is 6.92 Å². The van der Waals surface area contributed by atoms with E-state index in [9.17, 15) is 19.2 Å². The number of aldehydes is 1. The van der Waals surface area contributed by atoms with Gasteiger partial charge in [-0.25, -0.2) is 9.59 Å². The molecule has 0 atom stereocenters. The Balaban J connectivity index is 0.000000300. The number of methoxy groups -OCH3 is 3. The van der Waals surface area contributed by atoms with E-state index >= 15 is 0 Å². The van der Waals surface area contributed by atoms with Gasteiger partial charge in [0.05, 0.1) is 27.8 Å². The van der Waals surface area contributed by atoms with Gasteiger partial charge in [-0.3, -0.25) is 9.59 Å². The standard InChI is InChI=1S/C10H10O2.C10H10O.C9H10O2.C8H8O3/c1-12-10(11)8-7-9-5-3-2-4-6-9;1-9-4-6-10(7-5-9)3-2-8-11;1-11-9(10)7-8-5-3-2-4-6-8;1-11-8(10)6-4-2-3-5-7(6)9/h2-8H,1H3;2-8H,1H3;2-6H,7H2,1H3;2-5,9H,1H3. The second-order valence-corrected chi connectivity index (χ2v) is 8.92. The largest absolute Gasteiger partial charge is 0.507 e. The summed E-state index contributed by atoms with van der Waals surface area (Å²) in [5, 5.41) is 9.11. The molecule has 0 aliphatic rings. The van der Waals surface area contributed by atoms with Crippen LogP contribution < -0.4 is 0 Å². The number of carbonyl (C=O) groups excluding carboxylic acids is 4. The average molecular weight is 611 g/mol. The molecule has 234 valence electrons. The van der Waals surface area contributed by atoms with Gasteiger partial charge in [-0.1, -0.05) is 109 Å². The molecule has 0 amide bonds. The molecule has 8 heteroatoms. The molecule has 0 fully saturated rings. The predicted octanol–water partition coefficient (Wildman–Crippen LogP) is 6.66. The minimum absolute atomic E-state index is 0.0562. The van der Waals surface area contributed by atoms with Gasteiger partial charge < -0.3 is 19.3 Å². The highest BCUT2D eigenvalue weighted by molar-refractivity contribution is 5.92. The van der Waals surface area contributed by atoms with Crippen molar-refractivity contribution in [3.05, 3.63) is 149 Å². The molecule has 8 nitrogen and oxygen atoms in total. The first kappa shape index (κ1) is 37.3. The molecule has 0 saturated carbocycles. The Morgan fingerprint density at radius 3 is 1.76 bits per heavy atom. The van der Waals surface area contributed by atoms with Crippen molar-refractivity contribution in [3.8, 4) is 5.75 Å². The van der Waals surface area contributed by atoms with Gasteiger partial charge in [0.2, 0.25) is 0 Å². The fraction of sp³-hybridized carbons (Fsp3) is 0.135. The summed E-state index contributed by atoms with van der Waals surface area (Å²) < 4.78 is 13.4. The number of esters is 3. The van der Waals surface area contributed by atoms with Gasteiger partial charge in [-0.05, 0) is 47.9 Å². The summed E-state index contributed by atoms with van der Waals surface area (Å²) in [4.78, 5) is 42.2. The fourth-order valence-electron chi connectivity index (χ4n) is 3.22. The van der Waals surface area contributed by atoms with Crippen LogP contribution in [0.5, 0.6) is 5.75 Å². The number of hydrogen-bond acceptors (Lipinski definition) is 8. The number of allylic oxidation sites excluding steroid dienone is 1. The van der Waals surface area contributed by atoms with Crippen molar-refractivity contribution in [2.75, 3.05) is 21.3 Å². The van der Waals surface area contributed by atoms with Gasteiger partial charge in [0, 0.05) is 6.08 Å². The van der Waals surface area contributed by atoms with Gasteiger partial charge in [-0.2, -0.15) is 0 Å². The second kappa shape index (κ2) is 22.8. The maximum atomic E-state index is 10.9. The molecule has 45 heavy (non-hydrogen) atoms.